The fourth-order valence-corrected chi connectivity index (χ4v) is 2.08. The average Bonchev–Trinajstić information content (AvgIpc) is 2.38. The minimum atomic E-state index is -3.82. The molecule has 0 atom stereocenters. The fraction of sp³-hybridized carbons (Fsp3) is 0. The minimum Gasteiger partial charge on any atom is -0.384 e. The van der Waals surface area contributed by atoms with Gasteiger partial charge in [0, 0.05) is 5.69 Å². The van der Waals surface area contributed by atoms with Crippen LogP contribution in [-0.4, -0.2) is 19.3 Å². The summed E-state index contributed by atoms with van der Waals surface area (Å²) in [5.74, 6) is -0.278. The van der Waals surface area contributed by atoms with Gasteiger partial charge >= 0.3 is 0 Å². The van der Waals surface area contributed by atoms with E-state index in [0.29, 0.717) is 5.69 Å². The van der Waals surface area contributed by atoms with Gasteiger partial charge in [-0.05, 0) is 30.3 Å². The number of aromatic nitrogens is 1. The van der Waals surface area contributed by atoms with Crippen molar-refractivity contribution in [1.82, 2.24) is 4.98 Å². The van der Waals surface area contributed by atoms with E-state index in [-0.39, 0.29) is 16.4 Å². The van der Waals surface area contributed by atoms with Crippen molar-refractivity contribution in [2.75, 3.05) is 11.1 Å². The van der Waals surface area contributed by atoms with Crippen LogP contribution in [0.3, 0.4) is 0 Å². The van der Waals surface area contributed by atoms with Gasteiger partial charge in [0.15, 0.2) is 0 Å². The molecule has 1 aromatic carbocycles. The van der Waals surface area contributed by atoms with Gasteiger partial charge in [-0.25, -0.2) is 18.5 Å². The zero-order chi connectivity index (χ0) is 14.8. The van der Waals surface area contributed by atoms with Gasteiger partial charge in [-0.1, -0.05) is 12.1 Å². The number of nitrogens with one attached hydrogen (secondary N) is 1. The number of primary sulfonamides is 1. The summed E-state index contributed by atoms with van der Waals surface area (Å²) >= 11 is 0. The lowest BCUT2D eigenvalue weighted by molar-refractivity contribution is 0.102. The highest BCUT2D eigenvalue weighted by Gasteiger charge is 2.11. The van der Waals surface area contributed by atoms with Crippen LogP contribution in [0, 0.1) is 0 Å². The van der Waals surface area contributed by atoms with E-state index < -0.39 is 15.9 Å². The van der Waals surface area contributed by atoms with Crippen molar-refractivity contribution < 1.29 is 13.2 Å². The lowest BCUT2D eigenvalue weighted by Crippen LogP contribution is -2.16. The number of anilines is 2. The number of hydrogen-bond acceptors (Lipinski definition) is 5. The van der Waals surface area contributed by atoms with E-state index in [1.807, 2.05) is 0 Å². The Labute approximate surface area is 115 Å². The molecule has 104 valence electrons. The van der Waals surface area contributed by atoms with Crippen molar-refractivity contribution >= 4 is 27.4 Å². The Morgan fingerprint density at radius 3 is 2.50 bits per heavy atom. The quantitative estimate of drug-likeness (QED) is 0.761. The first-order valence-electron chi connectivity index (χ1n) is 5.53. The number of nitrogen functional groups attached to an aromatic ring is 1. The van der Waals surface area contributed by atoms with Gasteiger partial charge in [0.1, 0.15) is 11.5 Å². The van der Waals surface area contributed by atoms with Gasteiger partial charge in [-0.2, -0.15) is 0 Å². The topological polar surface area (TPSA) is 128 Å². The third-order valence-electron chi connectivity index (χ3n) is 2.42. The summed E-state index contributed by atoms with van der Waals surface area (Å²) in [6.45, 7) is 0. The number of benzene rings is 1. The highest BCUT2D eigenvalue weighted by atomic mass is 32.2. The largest absolute Gasteiger partial charge is 0.384 e. The lowest BCUT2D eigenvalue weighted by atomic mass is 10.3. The van der Waals surface area contributed by atoms with Gasteiger partial charge in [-0.15, -0.1) is 0 Å². The lowest BCUT2D eigenvalue weighted by Gasteiger charge is -2.06. The first-order valence-corrected chi connectivity index (χ1v) is 7.07. The van der Waals surface area contributed by atoms with Crippen LogP contribution in [0.25, 0.3) is 0 Å². The molecule has 0 unspecified atom stereocenters. The molecule has 20 heavy (non-hydrogen) atoms. The predicted molar refractivity (Wildman–Crippen MR) is 74.4 cm³/mol. The summed E-state index contributed by atoms with van der Waals surface area (Å²) in [6, 6.07) is 10.3. The molecule has 1 aromatic heterocycles. The van der Waals surface area contributed by atoms with Crippen LogP contribution >= 0.6 is 0 Å². The molecule has 0 aliphatic rings. The van der Waals surface area contributed by atoms with Gasteiger partial charge < -0.3 is 11.1 Å². The summed E-state index contributed by atoms with van der Waals surface area (Å²) in [6.07, 6.45) is 0. The van der Waals surface area contributed by atoms with E-state index in [0.717, 1.165) is 0 Å². The molecule has 0 spiro atoms. The summed E-state index contributed by atoms with van der Waals surface area (Å²) in [5.41, 5.74) is 5.91. The van der Waals surface area contributed by atoms with Crippen LogP contribution in [0.5, 0.6) is 0 Å². The summed E-state index contributed by atoms with van der Waals surface area (Å²) in [4.78, 5) is 15.7. The molecule has 5 N–H and O–H groups in total. The molecule has 2 rings (SSSR count). The highest BCUT2D eigenvalue weighted by molar-refractivity contribution is 7.89. The number of pyridine rings is 1. The van der Waals surface area contributed by atoms with Gasteiger partial charge in [0.2, 0.25) is 10.0 Å². The SMILES string of the molecule is Nc1cccc(C(=O)Nc2cccc(S(N)(=O)=O)c2)n1. The average molecular weight is 292 g/mol. The third kappa shape index (κ3) is 3.31. The molecule has 0 saturated heterocycles. The van der Waals surface area contributed by atoms with E-state index in [1.54, 1.807) is 18.2 Å². The number of rotatable bonds is 3. The Bertz CT molecular complexity index is 759. The summed E-state index contributed by atoms with van der Waals surface area (Å²) in [7, 11) is -3.82. The Morgan fingerprint density at radius 1 is 1.15 bits per heavy atom. The monoisotopic (exact) mass is 292 g/mol. The minimum absolute atomic E-state index is 0.0872. The van der Waals surface area contributed by atoms with Crippen molar-refractivity contribution in [3.63, 3.8) is 0 Å². The second kappa shape index (κ2) is 5.27. The van der Waals surface area contributed by atoms with Crippen molar-refractivity contribution in [2.24, 2.45) is 5.14 Å². The smallest absolute Gasteiger partial charge is 0.274 e. The molecule has 0 bridgehead atoms. The van der Waals surface area contributed by atoms with Crippen molar-refractivity contribution in [1.29, 1.82) is 0 Å². The van der Waals surface area contributed by atoms with Crippen LogP contribution in [0.1, 0.15) is 10.5 Å². The molecule has 0 aliphatic carbocycles. The van der Waals surface area contributed by atoms with Crippen molar-refractivity contribution in [2.45, 2.75) is 4.90 Å². The Hall–Kier alpha value is -2.45. The molecule has 0 aliphatic heterocycles. The van der Waals surface area contributed by atoms with Gasteiger partial charge in [-0.3, -0.25) is 4.79 Å². The maximum Gasteiger partial charge on any atom is 0.274 e. The van der Waals surface area contributed by atoms with E-state index in [2.05, 4.69) is 10.3 Å². The molecule has 7 nitrogen and oxygen atoms in total. The zero-order valence-electron chi connectivity index (χ0n) is 10.3. The maximum atomic E-state index is 11.9. The van der Waals surface area contributed by atoms with Crippen LogP contribution in [0.4, 0.5) is 11.5 Å². The van der Waals surface area contributed by atoms with Gasteiger partial charge in [0.25, 0.3) is 5.91 Å². The number of amides is 1. The zero-order valence-corrected chi connectivity index (χ0v) is 11.1. The number of carbonyl (C=O) groups is 1. The van der Waals surface area contributed by atoms with E-state index in [4.69, 9.17) is 10.9 Å². The maximum absolute atomic E-state index is 11.9. The normalized spacial score (nSPS) is 11.1. The van der Waals surface area contributed by atoms with Crippen molar-refractivity contribution in [3.8, 4) is 0 Å². The third-order valence-corrected chi connectivity index (χ3v) is 3.33. The Kier molecular flexibility index (Phi) is 3.68. The Morgan fingerprint density at radius 2 is 1.85 bits per heavy atom. The second-order valence-electron chi connectivity index (χ2n) is 3.97. The molecule has 0 fully saturated rings. The molecule has 1 heterocycles. The first kappa shape index (κ1) is 14.0. The van der Waals surface area contributed by atoms with Crippen LogP contribution < -0.4 is 16.2 Å². The fourth-order valence-electron chi connectivity index (χ4n) is 1.52. The molecular weight excluding hydrogens is 280 g/mol. The predicted octanol–water partition coefficient (Wildman–Crippen LogP) is 0.563. The molecule has 2 aromatic rings. The van der Waals surface area contributed by atoms with Crippen LogP contribution in [0.2, 0.25) is 0 Å². The van der Waals surface area contributed by atoms with E-state index in [9.17, 15) is 13.2 Å². The number of nitrogens with two attached hydrogens (primary N) is 2. The Balaban J connectivity index is 2.25. The highest BCUT2D eigenvalue weighted by Crippen LogP contribution is 2.15. The van der Waals surface area contributed by atoms with E-state index >= 15 is 0 Å². The van der Waals surface area contributed by atoms with Crippen LogP contribution in [0.15, 0.2) is 47.4 Å². The van der Waals surface area contributed by atoms with E-state index in [1.165, 1.54) is 24.3 Å². The molecular formula is C12H12N4O3S. The molecule has 1 amide bonds. The number of hydrogen-bond donors (Lipinski definition) is 3. The molecule has 0 radical (unpaired) electrons. The molecule has 0 saturated carbocycles. The van der Waals surface area contributed by atoms with Crippen molar-refractivity contribution in [3.05, 3.63) is 48.2 Å². The first-order chi connectivity index (χ1) is 9.36. The second-order valence-corrected chi connectivity index (χ2v) is 5.54. The number of nitrogens with zero attached hydrogens (tertiary/aromatic N) is 1. The number of carbonyl (C=O) groups excluding carboxylic acids is 1. The van der Waals surface area contributed by atoms with Crippen LogP contribution in [-0.2, 0) is 10.0 Å². The summed E-state index contributed by atoms with van der Waals surface area (Å²) in [5, 5.41) is 7.54. The standard InChI is InChI=1S/C12H12N4O3S/c13-11-6-2-5-10(16-11)12(17)15-8-3-1-4-9(7-8)20(14,18)19/h1-7H,(H2,13,16)(H,15,17)(H2,14,18,19). The molecule has 8 heteroatoms. The van der Waals surface area contributed by atoms with Gasteiger partial charge in [0.05, 0.1) is 4.90 Å². The summed E-state index contributed by atoms with van der Waals surface area (Å²) < 4.78 is 22.4. The number of sulfonamides is 1.